The summed E-state index contributed by atoms with van der Waals surface area (Å²) in [7, 11) is 0. The number of rotatable bonds is 3. The standard InChI is InChI=1S/C13H13N3O/c1-10-15-13(9-16(10)6-7-17)12-4-2-11(8-14)3-5-12/h2-5,9,17H,6-7H2,1H3. The third kappa shape index (κ3) is 2.35. The van der Waals surface area contributed by atoms with Crippen molar-refractivity contribution in [2.45, 2.75) is 13.5 Å². The maximum atomic E-state index is 8.91. The predicted octanol–water partition coefficient (Wildman–Crippen LogP) is 1.72. The second kappa shape index (κ2) is 4.81. The summed E-state index contributed by atoms with van der Waals surface area (Å²) in [4.78, 5) is 4.42. The molecule has 0 aliphatic carbocycles. The molecular formula is C13H13N3O. The van der Waals surface area contributed by atoms with Crippen LogP contribution in [0.2, 0.25) is 0 Å². The number of hydrogen-bond donors (Lipinski definition) is 1. The van der Waals surface area contributed by atoms with Crippen LogP contribution in [0.4, 0.5) is 0 Å². The van der Waals surface area contributed by atoms with Gasteiger partial charge in [-0.05, 0) is 19.1 Å². The molecule has 4 nitrogen and oxygen atoms in total. The van der Waals surface area contributed by atoms with Crippen LogP contribution in [0.25, 0.3) is 11.3 Å². The first-order chi connectivity index (χ1) is 8.24. The van der Waals surface area contributed by atoms with Crippen LogP contribution in [-0.2, 0) is 6.54 Å². The molecule has 86 valence electrons. The molecule has 0 radical (unpaired) electrons. The van der Waals surface area contributed by atoms with Crippen LogP contribution < -0.4 is 0 Å². The number of nitriles is 1. The Bertz CT molecular complexity index is 549. The van der Waals surface area contributed by atoms with Crippen LogP contribution in [0, 0.1) is 18.3 Å². The second-order valence-corrected chi connectivity index (χ2v) is 3.78. The van der Waals surface area contributed by atoms with Crippen molar-refractivity contribution in [1.82, 2.24) is 9.55 Å². The van der Waals surface area contributed by atoms with Crippen LogP contribution in [-0.4, -0.2) is 21.3 Å². The quantitative estimate of drug-likeness (QED) is 0.868. The molecule has 17 heavy (non-hydrogen) atoms. The van der Waals surface area contributed by atoms with E-state index in [9.17, 15) is 0 Å². The minimum absolute atomic E-state index is 0.101. The Kier molecular flexibility index (Phi) is 3.22. The number of nitrogens with zero attached hydrogens (tertiary/aromatic N) is 3. The summed E-state index contributed by atoms with van der Waals surface area (Å²) < 4.78 is 1.91. The van der Waals surface area contributed by atoms with E-state index in [1.54, 1.807) is 12.1 Å². The molecule has 1 aromatic heterocycles. The van der Waals surface area contributed by atoms with Crippen molar-refractivity contribution < 1.29 is 5.11 Å². The number of aliphatic hydroxyl groups excluding tert-OH is 1. The normalized spacial score (nSPS) is 10.2. The Balaban J connectivity index is 2.33. The summed E-state index contributed by atoms with van der Waals surface area (Å²) >= 11 is 0. The molecule has 0 unspecified atom stereocenters. The molecule has 0 atom stereocenters. The molecule has 2 rings (SSSR count). The first kappa shape index (κ1) is 11.4. The van der Waals surface area contributed by atoms with Crippen molar-refractivity contribution in [2.75, 3.05) is 6.61 Å². The number of benzene rings is 1. The first-order valence-electron chi connectivity index (χ1n) is 5.40. The highest BCUT2D eigenvalue weighted by molar-refractivity contribution is 5.59. The lowest BCUT2D eigenvalue weighted by Crippen LogP contribution is -2.02. The van der Waals surface area contributed by atoms with Gasteiger partial charge in [-0.25, -0.2) is 4.98 Å². The van der Waals surface area contributed by atoms with E-state index >= 15 is 0 Å². The highest BCUT2D eigenvalue weighted by Crippen LogP contribution is 2.19. The summed E-state index contributed by atoms with van der Waals surface area (Å²) in [5.74, 6) is 0.874. The maximum absolute atomic E-state index is 8.91. The van der Waals surface area contributed by atoms with E-state index in [0.717, 1.165) is 17.1 Å². The highest BCUT2D eigenvalue weighted by Gasteiger charge is 2.05. The molecule has 4 heteroatoms. The van der Waals surface area contributed by atoms with E-state index in [2.05, 4.69) is 11.1 Å². The SMILES string of the molecule is Cc1nc(-c2ccc(C#N)cc2)cn1CCO. The van der Waals surface area contributed by atoms with E-state index < -0.39 is 0 Å². The molecule has 1 aromatic carbocycles. The van der Waals surface area contributed by atoms with E-state index in [0.29, 0.717) is 12.1 Å². The summed E-state index contributed by atoms with van der Waals surface area (Å²) in [6.45, 7) is 2.56. The number of hydrogen-bond acceptors (Lipinski definition) is 3. The van der Waals surface area contributed by atoms with Gasteiger partial charge in [-0.3, -0.25) is 0 Å². The Hall–Kier alpha value is -2.12. The van der Waals surface area contributed by atoms with Crippen molar-refractivity contribution in [1.29, 1.82) is 5.26 Å². The molecule has 0 aliphatic rings. The van der Waals surface area contributed by atoms with Crippen molar-refractivity contribution in [2.24, 2.45) is 0 Å². The third-order valence-electron chi connectivity index (χ3n) is 2.63. The third-order valence-corrected chi connectivity index (χ3v) is 2.63. The molecule has 2 aromatic rings. The average molecular weight is 227 g/mol. The molecule has 0 fully saturated rings. The van der Waals surface area contributed by atoms with E-state index in [4.69, 9.17) is 10.4 Å². The van der Waals surface area contributed by atoms with Gasteiger partial charge in [0, 0.05) is 18.3 Å². The second-order valence-electron chi connectivity index (χ2n) is 3.78. The zero-order valence-corrected chi connectivity index (χ0v) is 9.59. The smallest absolute Gasteiger partial charge is 0.106 e. The van der Waals surface area contributed by atoms with Crippen molar-refractivity contribution in [3.05, 3.63) is 41.9 Å². The van der Waals surface area contributed by atoms with Crippen LogP contribution in [0.3, 0.4) is 0 Å². The lowest BCUT2D eigenvalue weighted by atomic mass is 10.1. The Morgan fingerprint density at radius 1 is 1.35 bits per heavy atom. The zero-order valence-electron chi connectivity index (χ0n) is 9.59. The molecule has 0 amide bonds. The minimum Gasteiger partial charge on any atom is -0.395 e. The summed E-state index contributed by atoms with van der Waals surface area (Å²) in [5, 5.41) is 17.6. The van der Waals surface area contributed by atoms with Crippen LogP contribution in [0.1, 0.15) is 11.4 Å². The van der Waals surface area contributed by atoms with E-state index in [1.165, 1.54) is 0 Å². The largest absolute Gasteiger partial charge is 0.395 e. The van der Waals surface area contributed by atoms with Gasteiger partial charge in [0.2, 0.25) is 0 Å². The van der Waals surface area contributed by atoms with Crippen LogP contribution in [0.15, 0.2) is 30.5 Å². The number of aliphatic hydroxyl groups is 1. The Morgan fingerprint density at radius 3 is 2.65 bits per heavy atom. The molecule has 0 saturated heterocycles. The topological polar surface area (TPSA) is 61.8 Å². The number of imidazole rings is 1. The predicted molar refractivity (Wildman–Crippen MR) is 64.2 cm³/mol. The van der Waals surface area contributed by atoms with Gasteiger partial charge < -0.3 is 9.67 Å². The monoisotopic (exact) mass is 227 g/mol. The average Bonchev–Trinajstić information content (AvgIpc) is 2.72. The van der Waals surface area contributed by atoms with Gasteiger partial charge in [0.1, 0.15) is 5.82 Å². The van der Waals surface area contributed by atoms with E-state index in [-0.39, 0.29) is 6.61 Å². The number of aromatic nitrogens is 2. The van der Waals surface area contributed by atoms with Gasteiger partial charge in [0.25, 0.3) is 0 Å². The van der Waals surface area contributed by atoms with Crippen LogP contribution in [0.5, 0.6) is 0 Å². The van der Waals surface area contributed by atoms with Gasteiger partial charge in [0.05, 0.1) is 23.9 Å². The van der Waals surface area contributed by atoms with Gasteiger partial charge in [-0.2, -0.15) is 5.26 Å². The molecule has 1 N–H and O–H groups in total. The fraction of sp³-hybridized carbons (Fsp3) is 0.231. The van der Waals surface area contributed by atoms with Crippen molar-refractivity contribution >= 4 is 0 Å². The summed E-state index contributed by atoms with van der Waals surface area (Å²) in [6, 6.07) is 9.39. The van der Waals surface area contributed by atoms with Crippen molar-refractivity contribution in [3.8, 4) is 17.3 Å². The summed E-state index contributed by atoms with van der Waals surface area (Å²) in [5.41, 5.74) is 2.48. The highest BCUT2D eigenvalue weighted by atomic mass is 16.3. The Labute approximate surface area is 99.8 Å². The van der Waals surface area contributed by atoms with Gasteiger partial charge in [-0.1, -0.05) is 12.1 Å². The molecule has 0 saturated carbocycles. The lowest BCUT2D eigenvalue weighted by Gasteiger charge is -1.99. The molecule has 0 aliphatic heterocycles. The zero-order chi connectivity index (χ0) is 12.3. The van der Waals surface area contributed by atoms with Gasteiger partial charge >= 0.3 is 0 Å². The van der Waals surface area contributed by atoms with Gasteiger partial charge in [-0.15, -0.1) is 0 Å². The molecule has 0 bridgehead atoms. The molecule has 0 spiro atoms. The van der Waals surface area contributed by atoms with Gasteiger partial charge in [0.15, 0.2) is 0 Å². The van der Waals surface area contributed by atoms with Crippen molar-refractivity contribution in [3.63, 3.8) is 0 Å². The fourth-order valence-electron chi connectivity index (χ4n) is 1.70. The molecule has 1 heterocycles. The lowest BCUT2D eigenvalue weighted by molar-refractivity contribution is 0.275. The fourth-order valence-corrected chi connectivity index (χ4v) is 1.70. The number of aryl methyl sites for hydroxylation is 1. The first-order valence-corrected chi connectivity index (χ1v) is 5.40. The van der Waals surface area contributed by atoms with Crippen LogP contribution >= 0.6 is 0 Å². The Morgan fingerprint density at radius 2 is 2.06 bits per heavy atom. The minimum atomic E-state index is 0.101. The summed E-state index contributed by atoms with van der Waals surface area (Å²) in [6.07, 6.45) is 1.91. The van der Waals surface area contributed by atoms with E-state index in [1.807, 2.05) is 29.8 Å². The molecular weight excluding hydrogens is 214 g/mol. The maximum Gasteiger partial charge on any atom is 0.106 e.